The van der Waals surface area contributed by atoms with E-state index in [-0.39, 0.29) is 12.0 Å². The van der Waals surface area contributed by atoms with E-state index in [9.17, 15) is 14.4 Å². The first-order chi connectivity index (χ1) is 10.6. The molecule has 8 nitrogen and oxygen atoms in total. The summed E-state index contributed by atoms with van der Waals surface area (Å²) >= 11 is 0. The number of benzene rings is 1. The van der Waals surface area contributed by atoms with Crippen LogP contribution in [0.25, 0.3) is 10.9 Å². The van der Waals surface area contributed by atoms with Gasteiger partial charge in [0.25, 0.3) is 0 Å². The lowest BCUT2D eigenvalue weighted by Crippen LogP contribution is -2.45. The molecule has 0 aliphatic rings. The van der Waals surface area contributed by atoms with Crippen LogP contribution in [0.15, 0.2) is 35.3 Å². The first-order valence-electron chi connectivity index (χ1n) is 6.49. The standard InChI is InChI=1S/C14H15N3O5/c1-22-14(21)10(8-18)16-13(20)7-17-11-5-3-2-4-9(11)12(19)6-15-17/h2-6,10,18H,7-8H2,1H3,(H,16,20)/t10-/m0/s1. The highest BCUT2D eigenvalue weighted by atomic mass is 16.5. The number of fused-ring (bicyclic) bond motifs is 1. The van der Waals surface area contributed by atoms with Crippen molar-refractivity contribution in [2.24, 2.45) is 0 Å². The number of nitrogens with one attached hydrogen (secondary N) is 1. The van der Waals surface area contributed by atoms with Crippen molar-refractivity contribution in [2.75, 3.05) is 13.7 Å². The minimum atomic E-state index is -1.14. The van der Waals surface area contributed by atoms with E-state index in [4.69, 9.17) is 5.11 Å². The Morgan fingerprint density at radius 3 is 2.82 bits per heavy atom. The molecule has 1 amide bonds. The molecule has 116 valence electrons. The van der Waals surface area contributed by atoms with E-state index in [1.54, 1.807) is 24.3 Å². The molecule has 0 saturated heterocycles. The molecule has 0 spiro atoms. The van der Waals surface area contributed by atoms with E-state index in [0.29, 0.717) is 10.9 Å². The summed E-state index contributed by atoms with van der Waals surface area (Å²) in [5.74, 6) is -1.28. The SMILES string of the molecule is COC(=O)[C@H](CO)NC(=O)Cn1ncc(=O)c2ccccc21. The summed E-state index contributed by atoms with van der Waals surface area (Å²) in [5, 5.41) is 15.8. The summed E-state index contributed by atoms with van der Waals surface area (Å²) in [7, 11) is 1.16. The lowest BCUT2D eigenvalue weighted by molar-refractivity contribution is -0.146. The van der Waals surface area contributed by atoms with Crippen molar-refractivity contribution < 1.29 is 19.4 Å². The number of amides is 1. The predicted octanol–water partition coefficient (Wildman–Crippen LogP) is -0.953. The number of ether oxygens (including phenoxy) is 1. The second-order valence-corrected chi connectivity index (χ2v) is 4.51. The van der Waals surface area contributed by atoms with Gasteiger partial charge in [0.2, 0.25) is 11.3 Å². The molecule has 2 rings (SSSR count). The van der Waals surface area contributed by atoms with Gasteiger partial charge in [0, 0.05) is 5.39 Å². The summed E-state index contributed by atoms with van der Waals surface area (Å²) < 4.78 is 5.81. The summed E-state index contributed by atoms with van der Waals surface area (Å²) in [6.07, 6.45) is 1.12. The number of methoxy groups -OCH3 is 1. The second-order valence-electron chi connectivity index (χ2n) is 4.51. The van der Waals surface area contributed by atoms with E-state index >= 15 is 0 Å². The number of aliphatic hydroxyl groups is 1. The molecule has 0 radical (unpaired) electrons. The van der Waals surface area contributed by atoms with Crippen LogP contribution in [0.4, 0.5) is 0 Å². The number of rotatable bonds is 5. The smallest absolute Gasteiger partial charge is 0.330 e. The van der Waals surface area contributed by atoms with Gasteiger partial charge in [-0.05, 0) is 12.1 Å². The fourth-order valence-electron chi connectivity index (χ4n) is 1.98. The normalized spacial score (nSPS) is 11.9. The Labute approximate surface area is 125 Å². The lowest BCUT2D eigenvalue weighted by Gasteiger charge is -2.15. The van der Waals surface area contributed by atoms with Crippen molar-refractivity contribution in [2.45, 2.75) is 12.6 Å². The molecule has 2 aromatic rings. The van der Waals surface area contributed by atoms with E-state index in [1.165, 1.54) is 4.68 Å². The summed E-state index contributed by atoms with van der Waals surface area (Å²) in [5.41, 5.74) is 0.263. The first kappa shape index (κ1) is 15.6. The Hall–Kier alpha value is -2.74. The predicted molar refractivity (Wildman–Crippen MR) is 77.0 cm³/mol. The molecule has 0 bridgehead atoms. The highest BCUT2D eigenvalue weighted by Gasteiger charge is 2.20. The van der Waals surface area contributed by atoms with Gasteiger partial charge < -0.3 is 15.2 Å². The summed E-state index contributed by atoms with van der Waals surface area (Å²) in [4.78, 5) is 35.0. The van der Waals surface area contributed by atoms with Crippen LogP contribution in [-0.2, 0) is 20.9 Å². The molecule has 1 heterocycles. The minimum absolute atomic E-state index is 0.200. The molecule has 8 heteroatoms. The van der Waals surface area contributed by atoms with Crippen molar-refractivity contribution in [3.8, 4) is 0 Å². The number of aromatic nitrogens is 2. The third kappa shape index (κ3) is 3.29. The topological polar surface area (TPSA) is 111 Å². The maximum atomic E-state index is 12.0. The Morgan fingerprint density at radius 1 is 1.41 bits per heavy atom. The average molecular weight is 305 g/mol. The molecule has 1 aromatic heterocycles. The molecule has 0 aliphatic heterocycles. The van der Waals surface area contributed by atoms with Gasteiger partial charge in [-0.25, -0.2) is 4.79 Å². The molecule has 2 N–H and O–H groups in total. The lowest BCUT2D eigenvalue weighted by atomic mass is 10.2. The molecule has 1 aromatic carbocycles. The first-order valence-corrected chi connectivity index (χ1v) is 6.49. The number of carbonyl (C=O) groups excluding carboxylic acids is 2. The second kappa shape index (κ2) is 6.81. The number of hydrogen-bond acceptors (Lipinski definition) is 6. The van der Waals surface area contributed by atoms with Crippen molar-refractivity contribution >= 4 is 22.8 Å². The Morgan fingerprint density at radius 2 is 2.14 bits per heavy atom. The molecular weight excluding hydrogens is 290 g/mol. The number of para-hydroxylation sites is 1. The van der Waals surface area contributed by atoms with E-state index in [0.717, 1.165) is 13.3 Å². The monoisotopic (exact) mass is 305 g/mol. The average Bonchev–Trinajstić information content (AvgIpc) is 2.54. The quantitative estimate of drug-likeness (QED) is 0.689. The van der Waals surface area contributed by atoms with Crippen LogP contribution in [0, 0.1) is 0 Å². The van der Waals surface area contributed by atoms with Crippen LogP contribution in [0.2, 0.25) is 0 Å². The molecule has 22 heavy (non-hydrogen) atoms. The summed E-state index contributed by atoms with van der Waals surface area (Å²) in [6.45, 7) is -0.773. The van der Waals surface area contributed by atoms with Gasteiger partial charge in [0.05, 0.1) is 25.4 Å². The van der Waals surface area contributed by atoms with E-state index in [1.807, 2.05) is 0 Å². The number of hydrogen-bond donors (Lipinski definition) is 2. The van der Waals surface area contributed by atoms with Crippen molar-refractivity contribution in [3.05, 3.63) is 40.7 Å². The molecule has 1 atom stereocenters. The Bertz CT molecular complexity index is 755. The van der Waals surface area contributed by atoms with Crippen LogP contribution in [-0.4, -0.2) is 46.5 Å². The highest BCUT2D eigenvalue weighted by Crippen LogP contribution is 2.07. The van der Waals surface area contributed by atoms with Crippen LogP contribution >= 0.6 is 0 Å². The van der Waals surface area contributed by atoms with Crippen molar-refractivity contribution in [1.82, 2.24) is 15.1 Å². The number of aliphatic hydroxyl groups excluding tert-OH is 1. The van der Waals surface area contributed by atoms with Crippen LogP contribution < -0.4 is 10.7 Å². The fourth-order valence-corrected chi connectivity index (χ4v) is 1.98. The maximum Gasteiger partial charge on any atom is 0.330 e. The van der Waals surface area contributed by atoms with Gasteiger partial charge in [-0.2, -0.15) is 5.10 Å². The molecule has 0 saturated carbocycles. The van der Waals surface area contributed by atoms with Gasteiger partial charge in [0.15, 0.2) is 6.04 Å². The molecule has 0 fully saturated rings. The Balaban J connectivity index is 2.21. The minimum Gasteiger partial charge on any atom is -0.467 e. The van der Waals surface area contributed by atoms with Crippen molar-refractivity contribution in [1.29, 1.82) is 0 Å². The highest BCUT2D eigenvalue weighted by molar-refractivity contribution is 5.85. The zero-order chi connectivity index (χ0) is 16.1. The zero-order valence-corrected chi connectivity index (χ0v) is 11.9. The maximum absolute atomic E-state index is 12.0. The Kier molecular flexibility index (Phi) is 4.84. The van der Waals surface area contributed by atoms with Gasteiger partial charge in [-0.15, -0.1) is 0 Å². The third-order valence-corrected chi connectivity index (χ3v) is 3.06. The van der Waals surface area contributed by atoms with Gasteiger partial charge >= 0.3 is 5.97 Å². The fraction of sp³-hybridized carbons (Fsp3) is 0.286. The molecular formula is C14H15N3O5. The van der Waals surface area contributed by atoms with Crippen LogP contribution in [0.3, 0.4) is 0 Å². The van der Waals surface area contributed by atoms with Crippen LogP contribution in [0.5, 0.6) is 0 Å². The third-order valence-electron chi connectivity index (χ3n) is 3.06. The summed E-state index contributed by atoms with van der Waals surface area (Å²) in [6, 6.07) is 5.61. The van der Waals surface area contributed by atoms with E-state index < -0.39 is 24.5 Å². The molecule has 0 unspecified atom stereocenters. The number of esters is 1. The van der Waals surface area contributed by atoms with Gasteiger partial charge in [-0.3, -0.25) is 14.3 Å². The van der Waals surface area contributed by atoms with E-state index in [2.05, 4.69) is 15.2 Å². The largest absolute Gasteiger partial charge is 0.467 e. The zero-order valence-electron chi connectivity index (χ0n) is 11.9. The van der Waals surface area contributed by atoms with Crippen LogP contribution in [0.1, 0.15) is 0 Å². The van der Waals surface area contributed by atoms with Gasteiger partial charge in [0.1, 0.15) is 6.54 Å². The van der Waals surface area contributed by atoms with Gasteiger partial charge in [-0.1, -0.05) is 12.1 Å². The van der Waals surface area contributed by atoms with Crippen molar-refractivity contribution in [3.63, 3.8) is 0 Å². The number of nitrogens with zero attached hydrogens (tertiary/aromatic N) is 2. The number of carbonyl (C=O) groups is 2. The molecule has 0 aliphatic carbocycles.